The van der Waals surface area contributed by atoms with E-state index in [0.29, 0.717) is 37.7 Å². The van der Waals surface area contributed by atoms with Crippen LogP contribution in [0, 0.1) is 19.7 Å². The van der Waals surface area contributed by atoms with Crippen molar-refractivity contribution >= 4 is 33.2 Å². The number of rotatable bonds is 6. The van der Waals surface area contributed by atoms with Gasteiger partial charge in [0.25, 0.3) is 0 Å². The third-order valence-corrected chi connectivity index (χ3v) is 7.03. The van der Waals surface area contributed by atoms with Crippen LogP contribution in [0.4, 0.5) is 10.1 Å². The number of carbonyl (C=O) groups excluding carboxylic acids is 1. The molecule has 1 saturated heterocycles. The number of hydrogen-bond donors (Lipinski definition) is 1. The summed E-state index contributed by atoms with van der Waals surface area (Å²) in [6.07, 6.45) is 0.00106. The molecule has 11 heteroatoms. The van der Waals surface area contributed by atoms with Gasteiger partial charge in [0.05, 0.1) is 36.8 Å². The van der Waals surface area contributed by atoms with Crippen LogP contribution in [-0.4, -0.2) is 54.7 Å². The van der Waals surface area contributed by atoms with E-state index < -0.39 is 21.7 Å². The molecule has 1 aliphatic heterocycles. The highest BCUT2D eigenvalue weighted by Crippen LogP contribution is 2.24. The van der Waals surface area contributed by atoms with Gasteiger partial charge < -0.3 is 10.1 Å². The van der Waals surface area contributed by atoms with E-state index in [1.54, 1.807) is 13.8 Å². The maximum Gasteiger partial charge on any atom is 0.246 e. The minimum absolute atomic E-state index is 0.00106. The molecule has 0 spiro atoms. The minimum atomic E-state index is -3.69. The van der Waals surface area contributed by atoms with Crippen LogP contribution < -0.4 is 5.32 Å². The van der Waals surface area contributed by atoms with Gasteiger partial charge in [-0.3, -0.25) is 9.48 Å². The number of morpholine rings is 1. The molecule has 0 aliphatic carbocycles. The van der Waals surface area contributed by atoms with E-state index in [2.05, 4.69) is 10.4 Å². The SMILES string of the molecule is Cc1nn(CCC(=O)Nc2ccc(Cl)cc2F)c(C)c1S(=O)(=O)N1CCOCC1. The van der Waals surface area contributed by atoms with Crippen LogP contribution in [-0.2, 0) is 26.1 Å². The second-order valence-corrected chi connectivity index (χ2v) is 8.97. The topological polar surface area (TPSA) is 93.5 Å². The molecule has 1 fully saturated rings. The number of nitrogens with zero attached hydrogens (tertiary/aromatic N) is 3. The number of benzene rings is 1. The van der Waals surface area contributed by atoms with Gasteiger partial charge in [-0.25, -0.2) is 12.8 Å². The molecule has 1 aromatic heterocycles. The molecule has 0 bridgehead atoms. The summed E-state index contributed by atoms with van der Waals surface area (Å²) < 4.78 is 47.8. The molecular formula is C18H22ClFN4O4S. The van der Waals surface area contributed by atoms with Crippen LogP contribution in [0.3, 0.4) is 0 Å². The summed E-state index contributed by atoms with van der Waals surface area (Å²) in [6, 6.07) is 3.97. The maximum atomic E-state index is 13.8. The lowest BCUT2D eigenvalue weighted by Crippen LogP contribution is -2.41. The number of anilines is 1. The molecule has 0 unspecified atom stereocenters. The monoisotopic (exact) mass is 444 g/mol. The standard InChI is InChI=1S/C18H22ClFN4O4S/c1-12-18(29(26,27)23-7-9-28-10-8-23)13(2)24(22-12)6-5-17(25)21-16-4-3-14(19)11-15(16)20/h3-4,11H,5-10H2,1-2H3,(H,21,25). The summed E-state index contributed by atoms with van der Waals surface area (Å²) in [6.45, 7) is 4.74. The fourth-order valence-corrected chi connectivity index (χ4v) is 5.14. The minimum Gasteiger partial charge on any atom is -0.379 e. The van der Waals surface area contributed by atoms with E-state index in [1.165, 1.54) is 21.1 Å². The molecular weight excluding hydrogens is 423 g/mol. The molecule has 0 radical (unpaired) electrons. The van der Waals surface area contributed by atoms with Crippen LogP contribution in [0.1, 0.15) is 17.8 Å². The summed E-state index contributed by atoms with van der Waals surface area (Å²) in [7, 11) is -3.69. The summed E-state index contributed by atoms with van der Waals surface area (Å²) in [5, 5.41) is 7.00. The van der Waals surface area contributed by atoms with Gasteiger partial charge in [0.1, 0.15) is 10.7 Å². The number of halogens is 2. The number of aryl methyl sites for hydroxylation is 2. The fourth-order valence-electron chi connectivity index (χ4n) is 3.20. The quantitative estimate of drug-likeness (QED) is 0.738. The Morgan fingerprint density at radius 3 is 2.66 bits per heavy atom. The van der Waals surface area contributed by atoms with Crippen molar-refractivity contribution in [2.24, 2.45) is 0 Å². The van der Waals surface area contributed by atoms with Gasteiger partial charge in [-0.05, 0) is 32.0 Å². The summed E-state index contributed by atoms with van der Waals surface area (Å²) in [5.41, 5.74) is 0.862. The van der Waals surface area contributed by atoms with Gasteiger partial charge in [-0.2, -0.15) is 9.40 Å². The second-order valence-electron chi connectivity index (χ2n) is 6.66. The molecule has 2 heterocycles. The van der Waals surface area contributed by atoms with Crippen LogP contribution in [0.5, 0.6) is 0 Å². The molecule has 8 nitrogen and oxygen atoms in total. The molecule has 158 valence electrons. The summed E-state index contributed by atoms with van der Waals surface area (Å²) in [5.74, 6) is -1.05. The molecule has 1 amide bonds. The van der Waals surface area contributed by atoms with Crippen molar-refractivity contribution in [3.63, 3.8) is 0 Å². The number of carbonyl (C=O) groups is 1. The number of nitrogens with one attached hydrogen (secondary N) is 1. The Kier molecular flexibility index (Phi) is 6.57. The van der Waals surface area contributed by atoms with Crippen molar-refractivity contribution < 1.29 is 22.3 Å². The molecule has 0 saturated carbocycles. The Morgan fingerprint density at radius 1 is 1.31 bits per heavy atom. The highest BCUT2D eigenvalue weighted by molar-refractivity contribution is 7.89. The molecule has 1 aliphatic rings. The van der Waals surface area contributed by atoms with Crippen molar-refractivity contribution in [2.75, 3.05) is 31.6 Å². The molecule has 2 aromatic rings. The van der Waals surface area contributed by atoms with Gasteiger partial charge in [0.2, 0.25) is 15.9 Å². The Hall–Kier alpha value is -2.01. The summed E-state index contributed by atoms with van der Waals surface area (Å²) >= 11 is 5.70. The van der Waals surface area contributed by atoms with Crippen molar-refractivity contribution in [3.8, 4) is 0 Å². The lowest BCUT2D eigenvalue weighted by molar-refractivity contribution is -0.116. The van der Waals surface area contributed by atoms with Crippen LogP contribution in [0.25, 0.3) is 0 Å². The largest absolute Gasteiger partial charge is 0.379 e. The van der Waals surface area contributed by atoms with Crippen molar-refractivity contribution in [3.05, 3.63) is 40.4 Å². The van der Waals surface area contributed by atoms with E-state index in [1.807, 2.05) is 0 Å². The van der Waals surface area contributed by atoms with Gasteiger partial charge in [-0.1, -0.05) is 11.6 Å². The zero-order valence-corrected chi connectivity index (χ0v) is 17.7. The number of aromatic nitrogens is 2. The first-order valence-electron chi connectivity index (χ1n) is 9.07. The van der Waals surface area contributed by atoms with Gasteiger partial charge in [0, 0.05) is 24.5 Å². The van der Waals surface area contributed by atoms with Gasteiger partial charge in [0.15, 0.2) is 0 Å². The third kappa shape index (κ3) is 4.77. The number of sulfonamides is 1. The first kappa shape index (κ1) is 21.7. The Morgan fingerprint density at radius 2 is 2.00 bits per heavy atom. The van der Waals surface area contributed by atoms with Crippen LogP contribution in [0.15, 0.2) is 23.1 Å². The van der Waals surface area contributed by atoms with Crippen molar-refractivity contribution in [1.29, 1.82) is 0 Å². The van der Waals surface area contributed by atoms with E-state index in [-0.39, 0.29) is 28.6 Å². The normalized spacial score (nSPS) is 15.4. The zero-order valence-electron chi connectivity index (χ0n) is 16.1. The van der Waals surface area contributed by atoms with E-state index in [0.717, 1.165) is 6.07 Å². The van der Waals surface area contributed by atoms with Gasteiger partial charge >= 0.3 is 0 Å². The number of ether oxygens (including phenoxy) is 1. The predicted molar refractivity (Wildman–Crippen MR) is 106 cm³/mol. The maximum absolute atomic E-state index is 13.8. The highest BCUT2D eigenvalue weighted by Gasteiger charge is 2.32. The van der Waals surface area contributed by atoms with E-state index >= 15 is 0 Å². The molecule has 0 atom stereocenters. The lowest BCUT2D eigenvalue weighted by atomic mass is 10.3. The van der Waals surface area contributed by atoms with Gasteiger partial charge in [-0.15, -0.1) is 0 Å². The third-order valence-electron chi connectivity index (χ3n) is 4.64. The zero-order chi connectivity index (χ0) is 21.2. The molecule has 29 heavy (non-hydrogen) atoms. The van der Waals surface area contributed by atoms with Crippen molar-refractivity contribution in [2.45, 2.75) is 31.7 Å². The second kappa shape index (κ2) is 8.78. The first-order valence-corrected chi connectivity index (χ1v) is 10.9. The Labute approximate surface area is 173 Å². The summed E-state index contributed by atoms with van der Waals surface area (Å²) in [4.78, 5) is 12.3. The first-order chi connectivity index (χ1) is 13.7. The Balaban J connectivity index is 1.70. The highest BCUT2D eigenvalue weighted by atomic mass is 35.5. The number of amides is 1. The molecule has 1 aromatic carbocycles. The lowest BCUT2D eigenvalue weighted by Gasteiger charge is -2.26. The van der Waals surface area contributed by atoms with E-state index in [4.69, 9.17) is 16.3 Å². The average Bonchev–Trinajstić information content (AvgIpc) is 2.97. The van der Waals surface area contributed by atoms with Crippen LogP contribution in [0.2, 0.25) is 5.02 Å². The van der Waals surface area contributed by atoms with Crippen molar-refractivity contribution in [1.82, 2.24) is 14.1 Å². The van der Waals surface area contributed by atoms with E-state index in [9.17, 15) is 17.6 Å². The molecule has 3 rings (SSSR count). The predicted octanol–water partition coefficient (Wildman–Crippen LogP) is 2.34. The molecule has 1 N–H and O–H groups in total. The fraction of sp³-hybridized carbons (Fsp3) is 0.444. The van der Waals surface area contributed by atoms with Crippen LogP contribution >= 0.6 is 11.6 Å². The number of hydrogen-bond acceptors (Lipinski definition) is 5. The smallest absolute Gasteiger partial charge is 0.246 e. The Bertz CT molecular complexity index is 1020. The average molecular weight is 445 g/mol.